The average Bonchev–Trinajstić information content (AvgIpc) is 3.13. The molecule has 2 aromatic rings. The van der Waals surface area contributed by atoms with E-state index < -0.39 is 51.8 Å². The van der Waals surface area contributed by atoms with Crippen LogP contribution >= 0.6 is 27.4 Å². The van der Waals surface area contributed by atoms with Gasteiger partial charge in [0.25, 0.3) is 7.82 Å². The zero-order valence-electron chi connectivity index (χ0n) is 15.2. The lowest BCUT2D eigenvalue weighted by molar-refractivity contribution is -0.339. The van der Waals surface area contributed by atoms with Crippen LogP contribution in [-0.4, -0.2) is 54.8 Å². The number of nitrogen functional groups attached to an aromatic ring is 1. The second-order valence-corrected chi connectivity index (χ2v) is 10.6. The fourth-order valence-corrected chi connectivity index (χ4v) is 6.03. The van der Waals surface area contributed by atoms with Gasteiger partial charge in [0.2, 0.25) is 0 Å². The molecule has 4 N–H and O–H groups in total. The standard InChI is InChI=1S/C13H19N5O9P2S/c1-30-12-16-10(14)6-11(17-12)18(4-15-6)7-5-2-13(5,9(20)8(7)19)3-26-29(24,25)27-28(21,22)23/h4-5,7-9,19-20H,2-3H2,1H3,(H,24,25)(H2,14,16,17)(H2,21,22,23)/p-3. The van der Waals surface area contributed by atoms with E-state index >= 15 is 0 Å². The highest BCUT2D eigenvalue weighted by Crippen LogP contribution is 2.69. The van der Waals surface area contributed by atoms with Gasteiger partial charge in [-0.3, -0.25) is 8.88 Å². The van der Waals surface area contributed by atoms with Gasteiger partial charge in [0, 0.05) is 5.41 Å². The number of nitrogens with zero attached hydrogens (tertiary/aromatic N) is 4. The zero-order chi connectivity index (χ0) is 22.1. The lowest BCUT2D eigenvalue weighted by Crippen LogP contribution is -2.36. The quantitative estimate of drug-likeness (QED) is 0.216. The number of aliphatic hydroxyl groups is 2. The van der Waals surface area contributed by atoms with Crippen LogP contribution in [0.15, 0.2) is 11.5 Å². The van der Waals surface area contributed by atoms with Crippen LogP contribution in [0.3, 0.4) is 0 Å². The molecule has 30 heavy (non-hydrogen) atoms. The second kappa shape index (κ2) is 7.20. The van der Waals surface area contributed by atoms with Gasteiger partial charge < -0.3 is 44.3 Å². The maximum absolute atomic E-state index is 11.6. The van der Waals surface area contributed by atoms with Crippen LogP contribution in [-0.2, 0) is 18.0 Å². The molecule has 0 aliphatic heterocycles. The SMILES string of the molecule is CSc1nc(N)c2ncn(C3C(O)C(O)C4(COP(=O)([O-])OP(=O)([O-])[O-])CC34)c2n1. The van der Waals surface area contributed by atoms with Crippen molar-refractivity contribution in [2.24, 2.45) is 11.3 Å². The zero-order valence-corrected chi connectivity index (χ0v) is 17.8. The molecule has 0 spiro atoms. The van der Waals surface area contributed by atoms with Crippen LogP contribution in [0.4, 0.5) is 5.82 Å². The number of hydrogen-bond donors (Lipinski definition) is 3. The largest absolute Gasteiger partial charge is 0.790 e. The number of phosphoric ester groups is 1. The minimum atomic E-state index is -5.83. The summed E-state index contributed by atoms with van der Waals surface area (Å²) in [4.78, 5) is 45.2. The maximum Gasteiger partial charge on any atom is 0.271 e. The molecule has 2 aliphatic rings. The van der Waals surface area contributed by atoms with Gasteiger partial charge in [0.15, 0.2) is 16.6 Å². The lowest BCUT2D eigenvalue weighted by Gasteiger charge is -2.36. The van der Waals surface area contributed by atoms with E-state index in [1.54, 1.807) is 6.26 Å². The smallest absolute Gasteiger partial charge is 0.271 e. The molecule has 0 saturated heterocycles. The summed E-state index contributed by atoms with van der Waals surface area (Å²) in [6.07, 6.45) is 0.691. The highest BCUT2D eigenvalue weighted by Gasteiger charge is 2.71. The fraction of sp³-hybridized carbons (Fsp3) is 0.615. The van der Waals surface area contributed by atoms with E-state index in [1.807, 2.05) is 0 Å². The molecular formula is C13H16N5O9P2S-3. The number of thioether (sulfide) groups is 1. The Morgan fingerprint density at radius 1 is 1.37 bits per heavy atom. The predicted octanol–water partition coefficient (Wildman–Crippen LogP) is -2.26. The normalized spacial score (nSPS) is 32.9. The first-order valence-electron chi connectivity index (χ1n) is 8.48. The Bertz CT molecular complexity index is 1090. The summed E-state index contributed by atoms with van der Waals surface area (Å²) in [5, 5.41) is 21.5. The summed E-state index contributed by atoms with van der Waals surface area (Å²) >= 11 is 1.25. The second-order valence-electron chi connectivity index (χ2n) is 7.14. The lowest BCUT2D eigenvalue weighted by atomic mass is 10.0. The molecule has 14 nitrogen and oxygen atoms in total. The molecular weight excluding hydrogens is 464 g/mol. The Morgan fingerprint density at radius 2 is 2.07 bits per heavy atom. The first-order chi connectivity index (χ1) is 13.9. The summed E-state index contributed by atoms with van der Waals surface area (Å²) < 4.78 is 31.6. The average molecular weight is 480 g/mol. The highest BCUT2D eigenvalue weighted by molar-refractivity contribution is 7.98. The summed E-state index contributed by atoms with van der Waals surface area (Å²) in [6.45, 7) is -0.674. The van der Waals surface area contributed by atoms with Gasteiger partial charge in [-0.1, -0.05) is 11.8 Å². The highest BCUT2D eigenvalue weighted by atomic mass is 32.2. The number of aliphatic hydroxyl groups excluding tert-OH is 2. The van der Waals surface area contributed by atoms with Crippen LogP contribution in [0.25, 0.3) is 11.2 Å². The number of phosphoric acid groups is 2. The number of rotatable bonds is 7. The Balaban J connectivity index is 1.60. The summed E-state index contributed by atoms with van der Waals surface area (Å²) in [5.41, 5.74) is 5.36. The van der Waals surface area contributed by atoms with Crippen LogP contribution in [0.1, 0.15) is 12.5 Å². The van der Waals surface area contributed by atoms with Gasteiger partial charge in [-0.25, -0.2) is 15.0 Å². The molecule has 2 aliphatic carbocycles. The van der Waals surface area contributed by atoms with Crippen LogP contribution in [0.5, 0.6) is 0 Å². The van der Waals surface area contributed by atoms with Crippen molar-refractivity contribution < 1.29 is 42.9 Å². The number of nitrogens with two attached hydrogens (primary N) is 1. The van der Waals surface area contributed by atoms with Crippen molar-refractivity contribution in [2.45, 2.75) is 29.8 Å². The van der Waals surface area contributed by atoms with E-state index in [9.17, 15) is 34.0 Å². The van der Waals surface area contributed by atoms with Gasteiger partial charge in [-0.05, 0) is 18.6 Å². The predicted molar refractivity (Wildman–Crippen MR) is 95.4 cm³/mol. The van der Waals surface area contributed by atoms with E-state index in [0.717, 1.165) is 0 Å². The third-order valence-corrected chi connectivity index (χ3v) is 8.07. The molecule has 2 saturated carbocycles. The van der Waals surface area contributed by atoms with Crippen molar-refractivity contribution in [1.29, 1.82) is 0 Å². The minimum absolute atomic E-state index is 0.144. The first kappa shape index (κ1) is 22.1. The van der Waals surface area contributed by atoms with Crippen molar-refractivity contribution in [1.82, 2.24) is 19.5 Å². The van der Waals surface area contributed by atoms with E-state index in [2.05, 4.69) is 23.8 Å². The van der Waals surface area contributed by atoms with Crippen molar-refractivity contribution in [2.75, 3.05) is 18.6 Å². The van der Waals surface area contributed by atoms with E-state index in [4.69, 9.17) is 5.73 Å². The molecule has 0 radical (unpaired) electrons. The Labute approximate surface area is 173 Å². The summed E-state index contributed by atoms with van der Waals surface area (Å²) in [6, 6.07) is -0.727. The third kappa shape index (κ3) is 3.69. The third-order valence-electron chi connectivity index (χ3n) is 5.48. The van der Waals surface area contributed by atoms with Crippen LogP contribution < -0.4 is 20.4 Å². The van der Waals surface area contributed by atoms with Crippen molar-refractivity contribution in [3.05, 3.63) is 6.33 Å². The molecule has 2 fully saturated rings. The number of anilines is 1. The minimum Gasteiger partial charge on any atom is -0.790 e. The molecule has 0 bridgehead atoms. The molecule has 0 aromatic carbocycles. The van der Waals surface area contributed by atoms with E-state index in [-0.39, 0.29) is 12.2 Å². The molecule has 6 atom stereocenters. The Kier molecular flexibility index (Phi) is 5.30. The Morgan fingerprint density at radius 3 is 2.70 bits per heavy atom. The van der Waals surface area contributed by atoms with Gasteiger partial charge >= 0.3 is 0 Å². The van der Waals surface area contributed by atoms with Crippen LogP contribution in [0.2, 0.25) is 0 Å². The molecule has 2 heterocycles. The van der Waals surface area contributed by atoms with Gasteiger partial charge in [-0.15, -0.1) is 0 Å². The van der Waals surface area contributed by atoms with Crippen molar-refractivity contribution in [3.63, 3.8) is 0 Å². The monoisotopic (exact) mass is 480 g/mol. The first-order valence-corrected chi connectivity index (χ1v) is 12.6. The summed E-state index contributed by atoms with van der Waals surface area (Å²) in [5.74, 6) is -0.300. The van der Waals surface area contributed by atoms with Gasteiger partial charge in [0.05, 0.1) is 32.9 Å². The summed E-state index contributed by atoms with van der Waals surface area (Å²) in [7, 11) is -11.3. The number of imidazole rings is 1. The molecule has 17 heteroatoms. The van der Waals surface area contributed by atoms with Gasteiger partial charge in [0.1, 0.15) is 11.6 Å². The van der Waals surface area contributed by atoms with Crippen molar-refractivity contribution >= 4 is 44.4 Å². The Hall–Kier alpha value is -1.12. The van der Waals surface area contributed by atoms with E-state index in [1.165, 1.54) is 22.7 Å². The van der Waals surface area contributed by atoms with Crippen LogP contribution in [0, 0.1) is 11.3 Å². The molecule has 166 valence electrons. The van der Waals surface area contributed by atoms with Gasteiger partial charge in [-0.2, -0.15) is 0 Å². The number of aromatic nitrogens is 4. The number of hydrogen-bond acceptors (Lipinski definition) is 14. The molecule has 6 unspecified atom stereocenters. The molecule has 2 aromatic heterocycles. The van der Waals surface area contributed by atoms with E-state index in [0.29, 0.717) is 16.3 Å². The molecule has 0 amide bonds. The fourth-order valence-electron chi connectivity index (χ4n) is 4.10. The number of fused-ring (bicyclic) bond motifs is 2. The topological polar surface area (TPSA) is 232 Å². The molecule has 4 rings (SSSR count). The van der Waals surface area contributed by atoms with Crippen molar-refractivity contribution in [3.8, 4) is 0 Å². The maximum atomic E-state index is 11.6.